The molecule has 2 aromatic rings. The molecule has 5 nitrogen and oxygen atoms in total. The molecule has 130 valence electrons. The Labute approximate surface area is 154 Å². The molecule has 25 heavy (non-hydrogen) atoms. The van der Waals surface area contributed by atoms with Crippen LogP contribution in [-0.4, -0.2) is 28.5 Å². The molecule has 0 heterocycles. The number of hydrogen-bond acceptors (Lipinski definition) is 4. The molecule has 0 spiro atoms. The quantitative estimate of drug-likeness (QED) is 0.534. The number of aliphatic carboxylic acids is 1. The number of rotatable bonds is 8. The first-order valence-electron chi connectivity index (χ1n) is 7.48. The van der Waals surface area contributed by atoms with Gasteiger partial charge in [-0.1, -0.05) is 23.7 Å². The highest BCUT2D eigenvalue weighted by atomic mass is 35.5. The van der Waals surface area contributed by atoms with Gasteiger partial charge in [0.1, 0.15) is 0 Å². The monoisotopic (exact) mass is 377 g/mol. The van der Waals surface area contributed by atoms with Gasteiger partial charge in [0.25, 0.3) is 0 Å². The van der Waals surface area contributed by atoms with E-state index in [4.69, 9.17) is 16.7 Å². The maximum atomic E-state index is 12.2. The summed E-state index contributed by atoms with van der Waals surface area (Å²) in [6.45, 7) is 0. The van der Waals surface area contributed by atoms with Crippen LogP contribution in [0.25, 0.3) is 0 Å². The number of amides is 1. The number of anilines is 1. The number of thioether (sulfide) groups is 1. The molecule has 2 rings (SSSR count). The van der Waals surface area contributed by atoms with Crippen LogP contribution in [0.3, 0.4) is 0 Å². The van der Waals surface area contributed by atoms with Crippen molar-refractivity contribution in [3.8, 4) is 0 Å². The van der Waals surface area contributed by atoms with Crippen molar-refractivity contribution >= 4 is 46.7 Å². The Morgan fingerprint density at radius 3 is 2.32 bits per heavy atom. The third-order valence-corrected chi connectivity index (χ3v) is 4.59. The minimum atomic E-state index is -1.01. The maximum Gasteiger partial charge on any atom is 0.303 e. The number of carboxylic acids is 1. The summed E-state index contributed by atoms with van der Waals surface area (Å²) in [5.41, 5.74) is 1.08. The first kappa shape index (κ1) is 19.0. The lowest BCUT2D eigenvalue weighted by molar-refractivity contribution is -0.138. The molecule has 7 heteroatoms. The predicted molar refractivity (Wildman–Crippen MR) is 98.4 cm³/mol. The van der Waals surface area contributed by atoms with Crippen LogP contribution in [0.4, 0.5) is 5.69 Å². The lowest BCUT2D eigenvalue weighted by Gasteiger charge is -2.06. The molecule has 0 radical (unpaired) electrons. The van der Waals surface area contributed by atoms with Gasteiger partial charge in [-0.3, -0.25) is 14.4 Å². The zero-order valence-electron chi connectivity index (χ0n) is 13.2. The molecule has 0 aromatic heterocycles. The van der Waals surface area contributed by atoms with Crippen molar-refractivity contribution in [2.24, 2.45) is 0 Å². The van der Waals surface area contributed by atoms with Gasteiger partial charge < -0.3 is 10.4 Å². The van der Waals surface area contributed by atoms with Crippen LogP contribution < -0.4 is 5.32 Å². The van der Waals surface area contributed by atoms with Gasteiger partial charge in [0, 0.05) is 22.6 Å². The van der Waals surface area contributed by atoms with Crippen molar-refractivity contribution in [1.29, 1.82) is 0 Å². The van der Waals surface area contributed by atoms with E-state index in [2.05, 4.69) is 5.32 Å². The standard InChI is InChI=1S/C18H16ClNO4S/c19-15-4-2-1-3-14(15)16(21)11-25-13-7-5-12(6-8-13)20-17(22)9-10-18(23)24/h1-8H,9-11H2,(H,20,22)(H,23,24). The van der Waals surface area contributed by atoms with Crippen LogP contribution in [-0.2, 0) is 9.59 Å². The molecule has 2 aromatic carbocycles. The molecular formula is C18H16ClNO4S. The first-order valence-corrected chi connectivity index (χ1v) is 8.84. The second-order valence-electron chi connectivity index (χ2n) is 5.16. The van der Waals surface area contributed by atoms with Gasteiger partial charge >= 0.3 is 5.97 Å². The summed E-state index contributed by atoms with van der Waals surface area (Å²) in [5.74, 6) is -1.16. The summed E-state index contributed by atoms with van der Waals surface area (Å²) >= 11 is 7.38. The van der Waals surface area contributed by atoms with Gasteiger partial charge in [0.05, 0.1) is 17.2 Å². The number of halogens is 1. The number of carbonyl (C=O) groups is 3. The number of benzene rings is 2. The van der Waals surface area contributed by atoms with Gasteiger partial charge in [-0.15, -0.1) is 11.8 Å². The summed E-state index contributed by atoms with van der Waals surface area (Å²) < 4.78 is 0. The molecular weight excluding hydrogens is 362 g/mol. The van der Waals surface area contributed by atoms with E-state index >= 15 is 0 Å². The molecule has 0 aliphatic rings. The molecule has 1 amide bonds. The fraction of sp³-hybridized carbons (Fsp3) is 0.167. The Hall–Kier alpha value is -2.31. The van der Waals surface area contributed by atoms with Crippen molar-refractivity contribution in [2.45, 2.75) is 17.7 Å². The summed E-state index contributed by atoms with van der Waals surface area (Å²) in [5, 5.41) is 11.6. The molecule has 0 saturated carbocycles. The highest BCUT2D eigenvalue weighted by Gasteiger charge is 2.10. The van der Waals surface area contributed by atoms with E-state index in [1.54, 1.807) is 48.5 Å². The summed E-state index contributed by atoms with van der Waals surface area (Å²) in [6, 6.07) is 13.9. The molecule has 0 bridgehead atoms. The molecule has 0 saturated heterocycles. The average Bonchev–Trinajstić information content (AvgIpc) is 2.59. The second-order valence-corrected chi connectivity index (χ2v) is 6.61. The Morgan fingerprint density at radius 1 is 1.00 bits per heavy atom. The number of carbonyl (C=O) groups excluding carboxylic acids is 2. The number of hydrogen-bond donors (Lipinski definition) is 2. The van der Waals surface area contributed by atoms with Crippen LogP contribution >= 0.6 is 23.4 Å². The average molecular weight is 378 g/mol. The molecule has 0 unspecified atom stereocenters. The van der Waals surface area contributed by atoms with Gasteiger partial charge in [-0.25, -0.2) is 0 Å². The van der Waals surface area contributed by atoms with Crippen molar-refractivity contribution in [3.05, 3.63) is 59.1 Å². The normalized spacial score (nSPS) is 10.3. The fourth-order valence-corrected chi connectivity index (χ4v) is 3.02. The predicted octanol–water partition coefficient (Wildman–Crippen LogP) is 4.12. The zero-order valence-corrected chi connectivity index (χ0v) is 14.8. The van der Waals surface area contributed by atoms with Crippen LogP contribution in [0, 0.1) is 0 Å². The number of nitrogens with one attached hydrogen (secondary N) is 1. The van der Waals surface area contributed by atoms with E-state index in [1.807, 2.05) is 0 Å². The van der Waals surface area contributed by atoms with E-state index in [-0.39, 0.29) is 30.3 Å². The molecule has 2 N–H and O–H groups in total. The molecule has 0 atom stereocenters. The van der Waals surface area contributed by atoms with E-state index < -0.39 is 5.97 Å². The highest BCUT2D eigenvalue weighted by molar-refractivity contribution is 8.00. The fourth-order valence-electron chi connectivity index (χ4n) is 1.99. The van der Waals surface area contributed by atoms with Crippen LogP contribution in [0.15, 0.2) is 53.4 Å². The van der Waals surface area contributed by atoms with E-state index in [0.29, 0.717) is 16.3 Å². The number of carboxylic acid groups (broad SMARTS) is 1. The van der Waals surface area contributed by atoms with Crippen molar-refractivity contribution in [1.82, 2.24) is 0 Å². The Morgan fingerprint density at radius 2 is 1.68 bits per heavy atom. The van der Waals surface area contributed by atoms with Crippen LogP contribution in [0.2, 0.25) is 5.02 Å². The highest BCUT2D eigenvalue weighted by Crippen LogP contribution is 2.23. The van der Waals surface area contributed by atoms with Gasteiger partial charge in [-0.05, 0) is 36.4 Å². The Kier molecular flexibility index (Phi) is 7.03. The first-order chi connectivity index (χ1) is 12.0. The van der Waals surface area contributed by atoms with Gasteiger partial charge in [-0.2, -0.15) is 0 Å². The third-order valence-electron chi connectivity index (χ3n) is 3.25. The molecule has 0 aliphatic heterocycles. The van der Waals surface area contributed by atoms with E-state index in [0.717, 1.165) is 4.90 Å². The van der Waals surface area contributed by atoms with E-state index in [9.17, 15) is 14.4 Å². The lowest BCUT2D eigenvalue weighted by atomic mass is 10.1. The summed E-state index contributed by atoms with van der Waals surface area (Å²) in [4.78, 5) is 35.0. The van der Waals surface area contributed by atoms with Crippen LogP contribution in [0.5, 0.6) is 0 Å². The Balaban J connectivity index is 1.86. The largest absolute Gasteiger partial charge is 0.481 e. The van der Waals surface area contributed by atoms with Gasteiger partial charge in [0.15, 0.2) is 5.78 Å². The minimum Gasteiger partial charge on any atom is -0.481 e. The molecule has 0 aliphatic carbocycles. The maximum absolute atomic E-state index is 12.2. The molecule has 0 fully saturated rings. The number of Topliss-reactive ketones (excluding diaryl/α,β-unsaturated/α-hetero) is 1. The number of ketones is 1. The smallest absolute Gasteiger partial charge is 0.303 e. The van der Waals surface area contributed by atoms with Crippen molar-refractivity contribution in [2.75, 3.05) is 11.1 Å². The van der Waals surface area contributed by atoms with Gasteiger partial charge in [0.2, 0.25) is 5.91 Å². The topological polar surface area (TPSA) is 83.5 Å². The van der Waals surface area contributed by atoms with Crippen LogP contribution in [0.1, 0.15) is 23.2 Å². The lowest BCUT2D eigenvalue weighted by Crippen LogP contribution is -2.13. The second kappa shape index (κ2) is 9.25. The van der Waals surface area contributed by atoms with Crippen molar-refractivity contribution < 1.29 is 19.5 Å². The zero-order chi connectivity index (χ0) is 18.2. The van der Waals surface area contributed by atoms with E-state index in [1.165, 1.54) is 11.8 Å². The SMILES string of the molecule is O=C(O)CCC(=O)Nc1ccc(SCC(=O)c2ccccc2Cl)cc1. The Bertz CT molecular complexity index is 777. The minimum absolute atomic E-state index is 0.0540. The summed E-state index contributed by atoms with van der Waals surface area (Å²) in [7, 11) is 0. The van der Waals surface area contributed by atoms with Crippen molar-refractivity contribution in [3.63, 3.8) is 0 Å². The third kappa shape index (κ3) is 6.25. The summed E-state index contributed by atoms with van der Waals surface area (Å²) in [6.07, 6.45) is -0.276.